The van der Waals surface area contributed by atoms with Gasteiger partial charge in [0.05, 0.1) is 22.5 Å². The molecule has 1 aromatic carbocycles. The van der Waals surface area contributed by atoms with Gasteiger partial charge in [-0.05, 0) is 31.7 Å². The molecule has 0 aliphatic rings. The van der Waals surface area contributed by atoms with Crippen LogP contribution >= 0.6 is 0 Å². The first-order chi connectivity index (χ1) is 14.0. The minimum absolute atomic E-state index is 0.0525. The van der Waals surface area contributed by atoms with E-state index in [-0.39, 0.29) is 16.1 Å². The quantitative estimate of drug-likeness (QED) is 0.356. The van der Waals surface area contributed by atoms with E-state index < -0.39 is 44.6 Å². The Kier molecular flexibility index (Phi) is 6.69. The first-order valence-electron chi connectivity index (χ1n) is 8.31. The van der Waals surface area contributed by atoms with Gasteiger partial charge in [0, 0.05) is 18.0 Å². The number of nitro groups is 1. The van der Waals surface area contributed by atoms with Crippen LogP contribution in [0, 0.1) is 17.0 Å². The lowest BCUT2D eigenvalue weighted by molar-refractivity contribution is -0.386. The zero-order valence-electron chi connectivity index (χ0n) is 16.2. The number of methoxy groups -OCH3 is 1. The molecule has 0 spiro atoms. The van der Waals surface area contributed by atoms with Gasteiger partial charge in [-0.3, -0.25) is 24.3 Å². The Bertz CT molecular complexity index is 1190. The number of carbonyl (C=O) groups excluding carboxylic acids is 2. The number of aromatic nitrogens is 1. The summed E-state index contributed by atoms with van der Waals surface area (Å²) in [4.78, 5) is 46.3. The summed E-state index contributed by atoms with van der Waals surface area (Å²) in [6.45, 7) is 0.916. The molecule has 0 radical (unpaired) electrons. The van der Waals surface area contributed by atoms with E-state index >= 15 is 0 Å². The number of anilines is 1. The van der Waals surface area contributed by atoms with E-state index in [1.807, 2.05) is 0 Å². The average molecular weight is 438 g/mol. The molecule has 0 unspecified atom stereocenters. The molecule has 12 nitrogen and oxygen atoms in total. The van der Waals surface area contributed by atoms with E-state index in [2.05, 4.69) is 14.8 Å². The van der Waals surface area contributed by atoms with Crippen molar-refractivity contribution < 1.29 is 27.7 Å². The summed E-state index contributed by atoms with van der Waals surface area (Å²) >= 11 is 0. The summed E-state index contributed by atoms with van der Waals surface area (Å²) in [5.74, 6) is -1.70. The second-order valence-corrected chi connectivity index (χ2v) is 7.89. The van der Waals surface area contributed by atoms with Crippen LogP contribution in [0.2, 0.25) is 0 Å². The van der Waals surface area contributed by atoms with Crippen molar-refractivity contribution >= 4 is 33.3 Å². The van der Waals surface area contributed by atoms with Gasteiger partial charge in [-0.2, -0.15) is 0 Å². The third-order valence-corrected chi connectivity index (χ3v) is 5.59. The molecule has 0 atom stereocenters. The van der Waals surface area contributed by atoms with Crippen LogP contribution in [0.4, 0.5) is 11.4 Å². The van der Waals surface area contributed by atoms with Gasteiger partial charge < -0.3 is 10.1 Å². The molecule has 0 saturated carbocycles. The number of pyridine rings is 1. The fourth-order valence-corrected chi connectivity index (χ4v) is 3.52. The summed E-state index contributed by atoms with van der Waals surface area (Å²) in [6, 6.07) is 4.93. The monoisotopic (exact) mass is 438 g/mol. The van der Waals surface area contributed by atoms with Gasteiger partial charge in [-0.15, -0.1) is 0 Å². The van der Waals surface area contributed by atoms with Crippen LogP contribution in [0.15, 0.2) is 40.2 Å². The van der Waals surface area contributed by atoms with E-state index in [4.69, 9.17) is 0 Å². The van der Waals surface area contributed by atoms with Gasteiger partial charge in [0.1, 0.15) is 6.54 Å². The van der Waals surface area contributed by atoms with Gasteiger partial charge in [-0.25, -0.2) is 17.9 Å². The van der Waals surface area contributed by atoms with E-state index in [0.717, 1.165) is 19.4 Å². The van der Waals surface area contributed by atoms with Crippen molar-refractivity contribution in [3.8, 4) is 0 Å². The molecule has 0 saturated heterocycles. The highest BCUT2D eigenvalue weighted by atomic mass is 32.2. The van der Waals surface area contributed by atoms with Crippen molar-refractivity contribution in [2.45, 2.75) is 18.4 Å². The second kappa shape index (κ2) is 8.84. The Labute approximate surface area is 170 Å². The number of nitrogens with one attached hydrogen (secondary N) is 2. The number of carbonyl (C=O) groups is 2. The van der Waals surface area contributed by atoms with E-state index in [1.165, 1.54) is 25.2 Å². The van der Waals surface area contributed by atoms with Crippen LogP contribution in [0.3, 0.4) is 0 Å². The molecule has 0 fully saturated rings. The van der Waals surface area contributed by atoms with Crippen molar-refractivity contribution in [2.75, 3.05) is 19.5 Å². The lowest BCUT2D eigenvalue weighted by Gasteiger charge is -2.11. The number of ether oxygens (including phenoxy) is 1. The van der Waals surface area contributed by atoms with E-state index in [1.54, 1.807) is 6.92 Å². The van der Waals surface area contributed by atoms with Crippen molar-refractivity contribution in [1.29, 1.82) is 0 Å². The molecule has 0 aliphatic heterocycles. The Morgan fingerprint density at radius 3 is 2.50 bits per heavy atom. The number of rotatable bonds is 7. The molecule has 13 heteroatoms. The third kappa shape index (κ3) is 4.87. The van der Waals surface area contributed by atoms with Gasteiger partial charge in [0.2, 0.25) is 15.9 Å². The largest absolute Gasteiger partial charge is 0.465 e. The van der Waals surface area contributed by atoms with Crippen molar-refractivity contribution in [3.63, 3.8) is 0 Å². The fourth-order valence-electron chi connectivity index (χ4n) is 2.53. The van der Waals surface area contributed by atoms with Crippen LogP contribution < -0.4 is 15.6 Å². The minimum Gasteiger partial charge on any atom is -0.465 e. The average Bonchev–Trinajstić information content (AvgIpc) is 2.69. The number of hydrogen-bond acceptors (Lipinski definition) is 8. The molecule has 160 valence electrons. The summed E-state index contributed by atoms with van der Waals surface area (Å²) < 4.78 is 31.5. The topological polar surface area (TPSA) is 167 Å². The van der Waals surface area contributed by atoms with Crippen molar-refractivity contribution in [2.24, 2.45) is 0 Å². The van der Waals surface area contributed by atoms with Crippen LogP contribution in [-0.4, -0.2) is 43.9 Å². The van der Waals surface area contributed by atoms with Crippen LogP contribution in [0.25, 0.3) is 0 Å². The van der Waals surface area contributed by atoms with Gasteiger partial charge in [0.15, 0.2) is 0 Å². The zero-order chi connectivity index (χ0) is 22.6. The van der Waals surface area contributed by atoms with Crippen molar-refractivity contribution in [1.82, 2.24) is 9.29 Å². The third-order valence-electron chi connectivity index (χ3n) is 4.03. The maximum absolute atomic E-state index is 12.4. The van der Waals surface area contributed by atoms with Gasteiger partial charge in [0.25, 0.3) is 0 Å². The summed E-state index contributed by atoms with van der Waals surface area (Å²) in [6.07, 6.45) is 0.965. The molecule has 1 amide bonds. The number of aryl methyl sites for hydroxylation is 1. The maximum atomic E-state index is 12.4. The first kappa shape index (κ1) is 22.7. The second-order valence-electron chi connectivity index (χ2n) is 6.03. The smallest absolute Gasteiger partial charge is 0.339 e. The minimum atomic E-state index is -3.77. The molecular weight excluding hydrogens is 420 g/mol. The van der Waals surface area contributed by atoms with E-state index in [0.29, 0.717) is 10.1 Å². The highest BCUT2D eigenvalue weighted by Gasteiger charge is 2.22. The predicted molar refractivity (Wildman–Crippen MR) is 105 cm³/mol. The number of benzene rings is 1. The zero-order valence-corrected chi connectivity index (χ0v) is 17.0. The Balaban J connectivity index is 2.36. The molecule has 2 rings (SSSR count). The lowest BCUT2D eigenvalue weighted by atomic mass is 10.2. The molecule has 0 aliphatic carbocycles. The highest BCUT2D eigenvalue weighted by molar-refractivity contribution is 7.89. The van der Waals surface area contributed by atoms with Gasteiger partial charge >= 0.3 is 17.2 Å². The molecule has 30 heavy (non-hydrogen) atoms. The normalized spacial score (nSPS) is 11.0. The fraction of sp³-hybridized carbons (Fsp3) is 0.235. The number of amides is 1. The number of sulfonamides is 1. The first-order valence-corrected chi connectivity index (χ1v) is 9.79. The Hall–Kier alpha value is -3.58. The summed E-state index contributed by atoms with van der Waals surface area (Å²) in [7, 11) is -1.47. The van der Waals surface area contributed by atoms with E-state index in [9.17, 15) is 32.9 Å². The molecular formula is C17H18N4O8S. The standard InChI is InChI=1S/C17H18N4O8S/c1-10-4-5-12(7-14(10)30(27,28)18-2)19-15(22)9-20-8-11(17(24)29-3)6-13(16(20)23)21(25)26/h4-8,18H,9H2,1-3H3,(H,19,22). The summed E-state index contributed by atoms with van der Waals surface area (Å²) in [5, 5.41) is 13.5. The highest BCUT2D eigenvalue weighted by Crippen LogP contribution is 2.20. The van der Waals surface area contributed by atoms with Gasteiger partial charge in [-0.1, -0.05) is 6.07 Å². The summed E-state index contributed by atoms with van der Waals surface area (Å²) in [5.41, 5.74) is -1.70. The van der Waals surface area contributed by atoms with Crippen molar-refractivity contribution in [3.05, 3.63) is 62.1 Å². The maximum Gasteiger partial charge on any atom is 0.339 e. The van der Waals surface area contributed by atoms with Crippen LogP contribution in [0.5, 0.6) is 0 Å². The predicted octanol–water partition coefficient (Wildman–Crippen LogP) is 0.398. The van der Waals surface area contributed by atoms with Crippen LogP contribution in [0.1, 0.15) is 15.9 Å². The van der Waals surface area contributed by atoms with Crippen LogP contribution in [-0.2, 0) is 26.1 Å². The lowest BCUT2D eigenvalue weighted by Crippen LogP contribution is -2.29. The molecule has 1 aromatic heterocycles. The Morgan fingerprint density at radius 1 is 1.27 bits per heavy atom. The molecule has 2 N–H and O–H groups in total. The molecule has 2 aromatic rings. The molecule has 1 heterocycles. The number of esters is 1. The number of hydrogen-bond donors (Lipinski definition) is 2. The SMILES string of the molecule is CNS(=O)(=O)c1cc(NC(=O)Cn2cc(C(=O)OC)cc([N+](=O)[O-])c2=O)ccc1C. The number of nitrogens with zero attached hydrogens (tertiary/aromatic N) is 2. The Morgan fingerprint density at radius 2 is 1.93 bits per heavy atom. The molecule has 0 bridgehead atoms.